The first-order valence-corrected chi connectivity index (χ1v) is 6.00. The predicted octanol–water partition coefficient (Wildman–Crippen LogP) is 0.744. The van der Waals surface area contributed by atoms with Gasteiger partial charge in [0.1, 0.15) is 0 Å². The number of hydrogen-bond donors (Lipinski definition) is 2. The van der Waals surface area contributed by atoms with Crippen LogP contribution in [0, 0.1) is 0 Å². The Balaban J connectivity index is 3.27. The first-order valence-electron chi connectivity index (χ1n) is 6.00. The molecule has 0 aliphatic carbocycles. The zero-order chi connectivity index (χ0) is 12.1. The van der Waals surface area contributed by atoms with Crippen LogP contribution in [0.5, 0.6) is 0 Å². The first kappa shape index (κ1) is 15.2. The summed E-state index contributed by atoms with van der Waals surface area (Å²) >= 11 is 0. The maximum absolute atomic E-state index is 5.63. The molecule has 3 N–H and O–H groups in total. The number of nitrogens with two attached hydrogens (primary N) is 1. The smallest absolute Gasteiger partial charge is 0.188 e. The number of nitrogens with one attached hydrogen (secondary N) is 1. The second kappa shape index (κ2) is 12.3. The standard InChI is InChI=1S/C11H25N3O2/c1-3-7-15-9-5-13-11(12)14-6-10-16-8-4-2/h3-10H2,1-2H3,(H3,12,13,14). The highest BCUT2D eigenvalue weighted by atomic mass is 16.5. The van der Waals surface area contributed by atoms with Crippen LogP contribution in [0.3, 0.4) is 0 Å². The second-order valence-corrected chi connectivity index (χ2v) is 3.42. The van der Waals surface area contributed by atoms with Gasteiger partial charge in [0.2, 0.25) is 0 Å². The van der Waals surface area contributed by atoms with Crippen molar-refractivity contribution in [3.63, 3.8) is 0 Å². The maximum atomic E-state index is 5.63. The second-order valence-electron chi connectivity index (χ2n) is 3.42. The van der Waals surface area contributed by atoms with Gasteiger partial charge >= 0.3 is 0 Å². The summed E-state index contributed by atoms with van der Waals surface area (Å²) in [6.07, 6.45) is 2.07. The minimum Gasteiger partial charge on any atom is -0.380 e. The summed E-state index contributed by atoms with van der Waals surface area (Å²) in [6, 6.07) is 0. The largest absolute Gasteiger partial charge is 0.380 e. The third-order valence-corrected chi connectivity index (χ3v) is 1.77. The topological polar surface area (TPSA) is 68.9 Å². The van der Waals surface area contributed by atoms with Crippen LogP contribution in [0.1, 0.15) is 26.7 Å². The quantitative estimate of drug-likeness (QED) is 0.330. The van der Waals surface area contributed by atoms with Crippen molar-refractivity contribution in [1.82, 2.24) is 5.32 Å². The molecule has 0 unspecified atom stereocenters. The fourth-order valence-corrected chi connectivity index (χ4v) is 1.03. The van der Waals surface area contributed by atoms with Gasteiger partial charge in [-0.25, -0.2) is 0 Å². The minimum absolute atomic E-state index is 0.459. The molecule has 0 aliphatic heterocycles. The lowest BCUT2D eigenvalue weighted by atomic mass is 10.5. The van der Waals surface area contributed by atoms with E-state index >= 15 is 0 Å². The van der Waals surface area contributed by atoms with Gasteiger partial charge in [0.15, 0.2) is 5.96 Å². The van der Waals surface area contributed by atoms with Crippen molar-refractivity contribution < 1.29 is 9.47 Å². The van der Waals surface area contributed by atoms with Crippen molar-refractivity contribution >= 4 is 5.96 Å². The number of ether oxygens (including phenoxy) is 2. The summed E-state index contributed by atoms with van der Waals surface area (Å²) in [5, 5.41) is 2.98. The van der Waals surface area contributed by atoms with Gasteiger partial charge in [0.05, 0.1) is 19.8 Å². The highest BCUT2D eigenvalue weighted by Gasteiger charge is 1.91. The fourth-order valence-electron chi connectivity index (χ4n) is 1.03. The Morgan fingerprint density at radius 2 is 1.69 bits per heavy atom. The summed E-state index contributed by atoms with van der Waals surface area (Å²) in [4.78, 5) is 4.12. The molecule has 0 radical (unpaired) electrons. The molecular weight excluding hydrogens is 206 g/mol. The SMILES string of the molecule is CCCOCCN=C(N)NCCOCCC. The van der Waals surface area contributed by atoms with E-state index in [9.17, 15) is 0 Å². The Morgan fingerprint density at radius 1 is 1.06 bits per heavy atom. The lowest BCUT2D eigenvalue weighted by Gasteiger charge is -2.06. The lowest BCUT2D eigenvalue weighted by Crippen LogP contribution is -2.34. The Morgan fingerprint density at radius 3 is 2.31 bits per heavy atom. The molecule has 0 bridgehead atoms. The van der Waals surface area contributed by atoms with E-state index in [1.807, 2.05) is 0 Å². The van der Waals surface area contributed by atoms with Crippen LogP contribution >= 0.6 is 0 Å². The molecule has 0 rings (SSSR count). The van der Waals surface area contributed by atoms with E-state index in [2.05, 4.69) is 24.2 Å². The molecule has 0 amide bonds. The average molecular weight is 231 g/mol. The summed E-state index contributed by atoms with van der Waals surface area (Å²) in [5.41, 5.74) is 5.63. The van der Waals surface area contributed by atoms with Gasteiger partial charge in [-0.1, -0.05) is 13.8 Å². The summed E-state index contributed by atoms with van der Waals surface area (Å²) < 4.78 is 10.6. The zero-order valence-corrected chi connectivity index (χ0v) is 10.5. The number of rotatable bonds is 10. The number of nitrogens with zero attached hydrogens (tertiary/aromatic N) is 1. The lowest BCUT2D eigenvalue weighted by molar-refractivity contribution is 0.139. The highest BCUT2D eigenvalue weighted by Crippen LogP contribution is 1.81. The van der Waals surface area contributed by atoms with Gasteiger partial charge in [-0.2, -0.15) is 0 Å². The Kier molecular flexibility index (Phi) is 11.6. The summed E-state index contributed by atoms with van der Waals surface area (Å²) in [6.45, 7) is 8.34. The van der Waals surface area contributed by atoms with Gasteiger partial charge in [-0.05, 0) is 12.8 Å². The zero-order valence-electron chi connectivity index (χ0n) is 10.5. The van der Waals surface area contributed by atoms with Gasteiger partial charge in [0.25, 0.3) is 0 Å². The fraction of sp³-hybridized carbons (Fsp3) is 0.909. The van der Waals surface area contributed by atoms with Crippen LogP contribution in [-0.2, 0) is 9.47 Å². The molecular formula is C11H25N3O2. The van der Waals surface area contributed by atoms with E-state index in [0.717, 1.165) is 26.1 Å². The normalized spacial score (nSPS) is 11.8. The van der Waals surface area contributed by atoms with Crippen molar-refractivity contribution in [2.45, 2.75) is 26.7 Å². The van der Waals surface area contributed by atoms with Crippen LogP contribution in [-0.4, -0.2) is 45.5 Å². The Bertz CT molecular complexity index is 175. The molecule has 0 heterocycles. The molecule has 16 heavy (non-hydrogen) atoms. The van der Waals surface area contributed by atoms with E-state index in [-0.39, 0.29) is 0 Å². The third kappa shape index (κ3) is 11.3. The highest BCUT2D eigenvalue weighted by molar-refractivity contribution is 5.77. The molecule has 96 valence electrons. The van der Waals surface area contributed by atoms with Crippen LogP contribution in [0.15, 0.2) is 4.99 Å². The van der Waals surface area contributed by atoms with E-state index in [1.165, 1.54) is 0 Å². The van der Waals surface area contributed by atoms with Gasteiger partial charge in [0, 0.05) is 19.8 Å². The van der Waals surface area contributed by atoms with E-state index in [1.54, 1.807) is 0 Å². The van der Waals surface area contributed by atoms with Gasteiger partial charge in [-0.15, -0.1) is 0 Å². The third-order valence-electron chi connectivity index (χ3n) is 1.77. The minimum atomic E-state index is 0.459. The number of aliphatic imine (C=N–C) groups is 1. The van der Waals surface area contributed by atoms with Crippen LogP contribution in [0.4, 0.5) is 0 Å². The molecule has 0 aromatic rings. The van der Waals surface area contributed by atoms with Gasteiger partial charge < -0.3 is 20.5 Å². The Hall–Kier alpha value is -0.810. The van der Waals surface area contributed by atoms with Crippen molar-refractivity contribution in [1.29, 1.82) is 0 Å². The van der Waals surface area contributed by atoms with Gasteiger partial charge in [-0.3, -0.25) is 4.99 Å². The molecule has 0 saturated heterocycles. The van der Waals surface area contributed by atoms with Crippen LogP contribution < -0.4 is 11.1 Å². The molecule has 0 atom stereocenters. The van der Waals surface area contributed by atoms with Crippen LogP contribution in [0.2, 0.25) is 0 Å². The molecule has 0 aromatic carbocycles. The number of guanidine groups is 1. The molecule has 0 aliphatic rings. The van der Waals surface area contributed by atoms with E-state index in [4.69, 9.17) is 15.2 Å². The van der Waals surface area contributed by atoms with Crippen LogP contribution in [0.25, 0.3) is 0 Å². The van der Waals surface area contributed by atoms with E-state index < -0.39 is 0 Å². The van der Waals surface area contributed by atoms with Crippen molar-refractivity contribution in [3.8, 4) is 0 Å². The average Bonchev–Trinajstić information content (AvgIpc) is 2.28. The van der Waals surface area contributed by atoms with Crippen molar-refractivity contribution in [2.24, 2.45) is 10.7 Å². The maximum Gasteiger partial charge on any atom is 0.188 e. The molecule has 0 saturated carbocycles. The molecule has 5 nitrogen and oxygen atoms in total. The number of hydrogen-bond acceptors (Lipinski definition) is 3. The van der Waals surface area contributed by atoms with Crippen molar-refractivity contribution in [3.05, 3.63) is 0 Å². The predicted molar refractivity (Wildman–Crippen MR) is 66.7 cm³/mol. The summed E-state index contributed by atoms with van der Waals surface area (Å²) in [7, 11) is 0. The van der Waals surface area contributed by atoms with E-state index in [0.29, 0.717) is 32.3 Å². The first-order chi connectivity index (χ1) is 7.81. The van der Waals surface area contributed by atoms with Crippen molar-refractivity contribution in [2.75, 3.05) is 39.5 Å². The molecule has 0 aromatic heterocycles. The molecule has 0 spiro atoms. The summed E-state index contributed by atoms with van der Waals surface area (Å²) in [5.74, 6) is 0.459. The Labute approximate surface area is 98.4 Å². The molecule has 5 heteroatoms. The monoisotopic (exact) mass is 231 g/mol. The molecule has 0 fully saturated rings.